The number of rotatable bonds is 6. The van der Waals surface area contributed by atoms with Crippen LogP contribution >= 0.6 is 0 Å². The van der Waals surface area contributed by atoms with Crippen molar-refractivity contribution in [2.24, 2.45) is 11.8 Å². The maximum atomic E-state index is 12.7. The Balaban J connectivity index is 1.46. The molecule has 0 aromatic heterocycles. The molecule has 0 aromatic rings. The summed E-state index contributed by atoms with van der Waals surface area (Å²) in [4.78, 5) is 2.42. The maximum absolute atomic E-state index is 12.7. The van der Waals surface area contributed by atoms with Gasteiger partial charge in [-0.15, -0.1) is 0 Å². The molecular weight excluding hydrogens is 328 g/mol. The highest BCUT2D eigenvalue weighted by Crippen LogP contribution is 2.24. The second kappa shape index (κ2) is 8.94. The number of sulfonamides is 1. The normalized spacial score (nSPS) is 28.9. The third kappa shape index (κ3) is 5.39. The molecule has 0 saturated carbocycles. The Kier molecular flexibility index (Phi) is 6.92. The first-order valence-corrected chi connectivity index (χ1v) is 11.1. The van der Waals surface area contributed by atoms with Gasteiger partial charge in [-0.1, -0.05) is 0 Å². The van der Waals surface area contributed by atoms with Gasteiger partial charge < -0.3 is 9.47 Å². The fraction of sp³-hybridized carbons (Fsp3) is 1.00. The van der Waals surface area contributed by atoms with Crippen LogP contribution in [0, 0.1) is 11.8 Å². The van der Waals surface area contributed by atoms with Gasteiger partial charge in [0.05, 0.1) is 19.0 Å². The predicted octanol–water partition coefficient (Wildman–Crippen LogP) is 1.18. The Morgan fingerprint density at radius 1 is 0.875 bits per heavy atom. The van der Waals surface area contributed by atoms with Crippen LogP contribution in [0.25, 0.3) is 0 Å². The van der Waals surface area contributed by atoms with Gasteiger partial charge in [0, 0.05) is 45.9 Å². The molecule has 3 saturated heterocycles. The smallest absolute Gasteiger partial charge is 0.214 e. The zero-order chi connectivity index (χ0) is 16.8. The lowest BCUT2D eigenvalue weighted by atomic mass is 9.98. The van der Waals surface area contributed by atoms with Gasteiger partial charge in [0.1, 0.15) is 0 Å². The van der Waals surface area contributed by atoms with E-state index in [1.807, 2.05) is 0 Å². The molecule has 0 radical (unpaired) electrons. The summed E-state index contributed by atoms with van der Waals surface area (Å²) < 4.78 is 38.0. The first kappa shape index (κ1) is 18.6. The highest BCUT2D eigenvalue weighted by atomic mass is 32.2. The fourth-order valence-corrected chi connectivity index (χ4v) is 5.79. The number of morpholine rings is 1. The quantitative estimate of drug-likeness (QED) is 0.712. The third-order valence-corrected chi connectivity index (χ3v) is 7.49. The molecule has 140 valence electrons. The second-order valence-corrected chi connectivity index (χ2v) is 9.53. The summed E-state index contributed by atoms with van der Waals surface area (Å²) in [5, 5.41) is 0. The number of nitrogens with zero attached hydrogens (tertiary/aromatic N) is 2. The molecule has 0 spiro atoms. The summed E-state index contributed by atoms with van der Waals surface area (Å²) in [5.41, 5.74) is 0. The summed E-state index contributed by atoms with van der Waals surface area (Å²) in [6.07, 6.45) is 4.94. The lowest BCUT2D eigenvalue weighted by molar-refractivity contribution is 0.0265. The molecule has 0 N–H and O–H groups in total. The first-order chi connectivity index (χ1) is 11.6. The Morgan fingerprint density at radius 3 is 2.33 bits per heavy atom. The van der Waals surface area contributed by atoms with Crippen LogP contribution in [0.3, 0.4) is 0 Å². The van der Waals surface area contributed by atoms with E-state index in [4.69, 9.17) is 9.47 Å². The summed E-state index contributed by atoms with van der Waals surface area (Å²) >= 11 is 0. The van der Waals surface area contributed by atoms with E-state index in [0.29, 0.717) is 30.7 Å². The van der Waals surface area contributed by atoms with Gasteiger partial charge in [0.2, 0.25) is 10.0 Å². The number of ether oxygens (including phenoxy) is 2. The van der Waals surface area contributed by atoms with Crippen molar-refractivity contribution < 1.29 is 17.9 Å². The van der Waals surface area contributed by atoms with Crippen LogP contribution < -0.4 is 0 Å². The van der Waals surface area contributed by atoms with Crippen LogP contribution in [-0.4, -0.2) is 82.5 Å². The molecule has 1 atom stereocenters. The van der Waals surface area contributed by atoms with E-state index in [2.05, 4.69) is 4.90 Å². The van der Waals surface area contributed by atoms with Crippen molar-refractivity contribution in [3.05, 3.63) is 0 Å². The van der Waals surface area contributed by atoms with Crippen molar-refractivity contribution in [3.63, 3.8) is 0 Å². The lowest BCUT2D eigenvalue weighted by Crippen LogP contribution is -2.46. The van der Waals surface area contributed by atoms with Gasteiger partial charge in [0.15, 0.2) is 0 Å². The Hall–Kier alpha value is -0.210. The minimum Gasteiger partial charge on any atom is -0.381 e. The minimum absolute atomic E-state index is 0.307. The summed E-state index contributed by atoms with van der Waals surface area (Å²) in [7, 11) is -3.11. The molecule has 0 aliphatic carbocycles. The standard InChI is InChI=1S/C17H32N2O4S/c20-24(21,13-5-16-3-9-22-10-4-16)19-6-1-2-17(15-19)14-18-7-11-23-12-8-18/h16-17H,1-15H2/t17-/m1/s1. The van der Waals surface area contributed by atoms with E-state index in [9.17, 15) is 8.42 Å². The molecule has 3 heterocycles. The zero-order valence-corrected chi connectivity index (χ0v) is 15.5. The Bertz CT molecular complexity index is 473. The Labute approximate surface area is 146 Å². The zero-order valence-electron chi connectivity index (χ0n) is 14.7. The van der Waals surface area contributed by atoms with Gasteiger partial charge in [0.25, 0.3) is 0 Å². The SMILES string of the molecule is O=S(=O)(CCC1CCOCC1)N1CCC[C@H](CN2CCOCC2)C1. The number of hydrogen-bond donors (Lipinski definition) is 0. The van der Waals surface area contributed by atoms with Crippen molar-refractivity contribution in [2.45, 2.75) is 32.1 Å². The molecule has 3 fully saturated rings. The van der Waals surface area contributed by atoms with Crippen molar-refractivity contribution in [1.29, 1.82) is 0 Å². The van der Waals surface area contributed by atoms with Gasteiger partial charge in [-0.25, -0.2) is 12.7 Å². The summed E-state index contributed by atoms with van der Waals surface area (Å²) in [6, 6.07) is 0. The van der Waals surface area contributed by atoms with Crippen LogP contribution in [0.2, 0.25) is 0 Å². The van der Waals surface area contributed by atoms with Gasteiger partial charge in [-0.05, 0) is 43.9 Å². The lowest BCUT2D eigenvalue weighted by Gasteiger charge is -2.36. The molecule has 6 nitrogen and oxygen atoms in total. The molecule has 0 unspecified atom stereocenters. The molecule has 7 heteroatoms. The van der Waals surface area contributed by atoms with Crippen molar-refractivity contribution in [2.75, 3.05) is 64.9 Å². The summed E-state index contributed by atoms with van der Waals surface area (Å²) in [6.45, 7) is 7.56. The fourth-order valence-electron chi connectivity index (χ4n) is 4.06. The molecule has 24 heavy (non-hydrogen) atoms. The molecule has 3 rings (SSSR count). The van der Waals surface area contributed by atoms with Gasteiger partial charge in [-0.2, -0.15) is 0 Å². The highest BCUT2D eigenvalue weighted by molar-refractivity contribution is 7.89. The molecule has 0 aromatic carbocycles. The molecule has 0 bridgehead atoms. The second-order valence-electron chi connectivity index (χ2n) is 7.44. The molecule has 0 amide bonds. The van der Waals surface area contributed by atoms with E-state index in [1.165, 1.54) is 0 Å². The topological polar surface area (TPSA) is 59.1 Å². The van der Waals surface area contributed by atoms with Crippen LogP contribution in [0.15, 0.2) is 0 Å². The van der Waals surface area contributed by atoms with Gasteiger partial charge >= 0.3 is 0 Å². The average molecular weight is 361 g/mol. The third-order valence-electron chi connectivity index (χ3n) is 5.62. The minimum atomic E-state index is -3.11. The van der Waals surface area contributed by atoms with E-state index >= 15 is 0 Å². The average Bonchev–Trinajstić information content (AvgIpc) is 2.62. The summed E-state index contributed by atoms with van der Waals surface area (Å²) in [5.74, 6) is 1.29. The van der Waals surface area contributed by atoms with E-state index in [0.717, 1.165) is 78.2 Å². The van der Waals surface area contributed by atoms with Crippen molar-refractivity contribution in [1.82, 2.24) is 9.21 Å². The molecule has 3 aliphatic heterocycles. The number of hydrogen-bond acceptors (Lipinski definition) is 5. The highest BCUT2D eigenvalue weighted by Gasteiger charge is 2.30. The van der Waals surface area contributed by atoms with E-state index in [-0.39, 0.29) is 0 Å². The van der Waals surface area contributed by atoms with Crippen molar-refractivity contribution >= 4 is 10.0 Å². The first-order valence-electron chi connectivity index (χ1n) is 9.49. The molecule has 3 aliphatic rings. The monoisotopic (exact) mass is 360 g/mol. The van der Waals surface area contributed by atoms with Crippen LogP contribution in [-0.2, 0) is 19.5 Å². The van der Waals surface area contributed by atoms with Crippen LogP contribution in [0.4, 0.5) is 0 Å². The van der Waals surface area contributed by atoms with E-state index in [1.54, 1.807) is 4.31 Å². The van der Waals surface area contributed by atoms with Crippen molar-refractivity contribution in [3.8, 4) is 0 Å². The maximum Gasteiger partial charge on any atom is 0.214 e. The van der Waals surface area contributed by atoms with Crippen LogP contribution in [0.1, 0.15) is 32.1 Å². The Morgan fingerprint density at radius 2 is 1.58 bits per heavy atom. The van der Waals surface area contributed by atoms with E-state index < -0.39 is 10.0 Å². The van der Waals surface area contributed by atoms with Crippen LogP contribution in [0.5, 0.6) is 0 Å². The van der Waals surface area contributed by atoms with Gasteiger partial charge in [-0.3, -0.25) is 4.90 Å². The number of piperidine rings is 1. The molecular formula is C17H32N2O4S. The largest absolute Gasteiger partial charge is 0.381 e. The predicted molar refractivity (Wildman–Crippen MR) is 93.5 cm³/mol.